The molecular weight excluding hydrogens is 228 g/mol. The number of nitrogens with zero attached hydrogens (tertiary/aromatic N) is 2. The minimum Gasteiger partial charge on any atom is -0.383 e. The van der Waals surface area contributed by atoms with E-state index in [4.69, 9.17) is 9.47 Å². The van der Waals surface area contributed by atoms with E-state index in [1.54, 1.807) is 14.2 Å². The number of hydrogen-bond donors (Lipinski definition) is 0. The van der Waals surface area contributed by atoms with Gasteiger partial charge in [0, 0.05) is 14.2 Å². The zero-order valence-corrected chi connectivity index (χ0v) is 11.4. The van der Waals surface area contributed by atoms with Crippen molar-refractivity contribution in [3.63, 3.8) is 0 Å². The molecule has 0 heterocycles. The molecule has 100 valence electrons. The third-order valence-corrected chi connectivity index (χ3v) is 2.59. The van der Waals surface area contributed by atoms with E-state index in [0.717, 1.165) is 24.4 Å². The Bertz CT molecular complexity index is 344. The highest BCUT2D eigenvalue weighted by Crippen LogP contribution is 2.02. The van der Waals surface area contributed by atoms with Crippen molar-refractivity contribution in [1.82, 2.24) is 5.01 Å². The Hall–Kier alpha value is -1.39. The summed E-state index contributed by atoms with van der Waals surface area (Å²) >= 11 is 0. The quantitative estimate of drug-likeness (QED) is 0.523. The summed E-state index contributed by atoms with van der Waals surface area (Å²) in [5.41, 5.74) is 2.14. The van der Waals surface area contributed by atoms with Crippen molar-refractivity contribution in [2.45, 2.75) is 6.92 Å². The number of hydrogen-bond acceptors (Lipinski definition) is 4. The van der Waals surface area contributed by atoms with Crippen molar-refractivity contribution in [3.05, 3.63) is 35.9 Å². The zero-order valence-electron chi connectivity index (χ0n) is 11.4. The van der Waals surface area contributed by atoms with Crippen molar-refractivity contribution < 1.29 is 9.47 Å². The van der Waals surface area contributed by atoms with Crippen LogP contribution >= 0.6 is 0 Å². The standard InChI is InChI=1S/C14H22N2O2/c1-13(14-7-5-4-6-8-14)15-16(9-11-17-2)10-12-18-3/h4-8H,9-12H2,1-3H3. The normalized spacial score (nSPS) is 11.6. The first kappa shape index (κ1) is 14.7. The fourth-order valence-corrected chi connectivity index (χ4v) is 1.55. The summed E-state index contributed by atoms with van der Waals surface area (Å²) in [6.45, 7) is 4.88. The Labute approximate surface area is 109 Å². The van der Waals surface area contributed by atoms with Crippen LogP contribution < -0.4 is 0 Å². The van der Waals surface area contributed by atoms with Gasteiger partial charge in [-0.25, -0.2) is 0 Å². The van der Waals surface area contributed by atoms with Gasteiger partial charge in [-0.1, -0.05) is 30.3 Å². The molecule has 0 spiro atoms. The van der Waals surface area contributed by atoms with Gasteiger partial charge in [0.2, 0.25) is 0 Å². The van der Waals surface area contributed by atoms with Crippen molar-refractivity contribution in [2.75, 3.05) is 40.5 Å². The lowest BCUT2D eigenvalue weighted by molar-refractivity contribution is 0.116. The molecule has 0 amide bonds. The van der Waals surface area contributed by atoms with Crippen molar-refractivity contribution >= 4 is 5.71 Å². The first-order valence-electron chi connectivity index (χ1n) is 6.11. The molecule has 0 aliphatic heterocycles. The van der Waals surface area contributed by atoms with Gasteiger partial charge in [-0.05, 0) is 12.5 Å². The second-order valence-electron chi connectivity index (χ2n) is 3.99. The summed E-state index contributed by atoms with van der Waals surface area (Å²) in [5.74, 6) is 0. The molecule has 0 fully saturated rings. The van der Waals surface area contributed by atoms with Gasteiger partial charge in [-0.2, -0.15) is 5.10 Å². The smallest absolute Gasteiger partial charge is 0.0654 e. The minimum atomic E-state index is 0.662. The first-order chi connectivity index (χ1) is 8.77. The van der Waals surface area contributed by atoms with Gasteiger partial charge in [-0.3, -0.25) is 5.01 Å². The first-order valence-corrected chi connectivity index (χ1v) is 6.11. The van der Waals surface area contributed by atoms with Crippen LogP contribution in [-0.2, 0) is 9.47 Å². The van der Waals surface area contributed by atoms with Gasteiger partial charge in [0.1, 0.15) is 0 Å². The number of hydrazone groups is 1. The minimum absolute atomic E-state index is 0.662. The maximum atomic E-state index is 5.09. The predicted octanol–water partition coefficient (Wildman–Crippen LogP) is 2.01. The molecule has 18 heavy (non-hydrogen) atoms. The number of methoxy groups -OCH3 is 2. The van der Waals surface area contributed by atoms with Crippen molar-refractivity contribution in [1.29, 1.82) is 0 Å². The number of benzene rings is 1. The van der Waals surface area contributed by atoms with E-state index in [1.165, 1.54) is 0 Å². The predicted molar refractivity (Wildman–Crippen MR) is 74.0 cm³/mol. The fraction of sp³-hybridized carbons (Fsp3) is 0.500. The van der Waals surface area contributed by atoms with E-state index in [9.17, 15) is 0 Å². The SMILES string of the molecule is COCCN(CCOC)N=C(C)c1ccccc1. The maximum Gasteiger partial charge on any atom is 0.0654 e. The molecule has 0 aromatic heterocycles. The van der Waals surface area contributed by atoms with Crippen LogP contribution in [0.15, 0.2) is 35.4 Å². The molecule has 0 atom stereocenters. The Morgan fingerprint density at radius 2 is 1.61 bits per heavy atom. The molecule has 4 heteroatoms. The summed E-state index contributed by atoms with van der Waals surface area (Å²) < 4.78 is 10.2. The van der Waals surface area contributed by atoms with E-state index in [0.29, 0.717) is 13.2 Å². The summed E-state index contributed by atoms with van der Waals surface area (Å²) in [6.07, 6.45) is 0. The molecule has 1 aromatic carbocycles. The van der Waals surface area contributed by atoms with Crippen LogP contribution in [0, 0.1) is 0 Å². The number of ether oxygens (including phenoxy) is 2. The second-order valence-corrected chi connectivity index (χ2v) is 3.99. The lowest BCUT2D eigenvalue weighted by atomic mass is 10.1. The summed E-state index contributed by atoms with van der Waals surface area (Å²) in [4.78, 5) is 0. The Balaban J connectivity index is 2.66. The average molecular weight is 250 g/mol. The van der Waals surface area contributed by atoms with Gasteiger partial charge in [0.25, 0.3) is 0 Å². The summed E-state index contributed by atoms with van der Waals surface area (Å²) in [6, 6.07) is 10.2. The van der Waals surface area contributed by atoms with E-state index in [1.807, 2.05) is 30.1 Å². The van der Waals surface area contributed by atoms with Crippen LogP contribution in [0.4, 0.5) is 0 Å². The molecular formula is C14H22N2O2. The summed E-state index contributed by atoms with van der Waals surface area (Å²) in [5, 5.41) is 6.59. The Kier molecular flexibility index (Phi) is 7.06. The highest BCUT2D eigenvalue weighted by molar-refractivity contribution is 5.98. The molecule has 4 nitrogen and oxygen atoms in total. The molecule has 1 aromatic rings. The van der Waals surface area contributed by atoms with Crippen LogP contribution in [-0.4, -0.2) is 51.2 Å². The largest absolute Gasteiger partial charge is 0.383 e. The van der Waals surface area contributed by atoms with Crippen LogP contribution in [0.1, 0.15) is 12.5 Å². The zero-order chi connectivity index (χ0) is 13.2. The highest BCUT2D eigenvalue weighted by Gasteiger charge is 2.03. The topological polar surface area (TPSA) is 34.1 Å². The molecule has 0 bridgehead atoms. The molecule has 0 radical (unpaired) electrons. The lowest BCUT2D eigenvalue weighted by Gasteiger charge is -2.19. The van der Waals surface area contributed by atoms with Crippen molar-refractivity contribution in [3.8, 4) is 0 Å². The van der Waals surface area contributed by atoms with Crippen LogP contribution in [0.25, 0.3) is 0 Å². The molecule has 0 saturated carbocycles. The molecule has 0 unspecified atom stereocenters. The second kappa shape index (κ2) is 8.66. The molecule has 0 N–H and O–H groups in total. The lowest BCUT2D eigenvalue weighted by Crippen LogP contribution is -2.27. The van der Waals surface area contributed by atoms with Gasteiger partial charge in [0.15, 0.2) is 0 Å². The molecule has 1 rings (SSSR count). The van der Waals surface area contributed by atoms with Crippen LogP contribution in [0.2, 0.25) is 0 Å². The van der Waals surface area contributed by atoms with Gasteiger partial charge in [0.05, 0.1) is 32.0 Å². The van der Waals surface area contributed by atoms with E-state index < -0.39 is 0 Å². The summed E-state index contributed by atoms with van der Waals surface area (Å²) in [7, 11) is 3.39. The van der Waals surface area contributed by atoms with Gasteiger partial charge >= 0.3 is 0 Å². The van der Waals surface area contributed by atoms with Gasteiger partial charge in [-0.15, -0.1) is 0 Å². The third kappa shape index (κ3) is 5.29. The monoisotopic (exact) mass is 250 g/mol. The van der Waals surface area contributed by atoms with Crippen molar-refractivity contribution in [2.24, 2.45) is 5.10 Å². The highest BCUT2D eigenvalue weighted by atomic mass is 16.5. The fourth-order valence-electron chi connectivity index (χ4n) is 1.55. The van der Waals surface area contributed by atoms with Crippen LogP contribution in [0.3, 0.4) is 0 Å². The third-order valence-electron chi connectivity index (χ3n) is 2.59. The Morgan fingerprint density at radius 1 is 1.06 bits per heavy atom. The molecule has 0 aliphatic rings. The maximum absolute atomic E-state index is 5.09. The number of rotatable bonds is 8. The van der Waals surface area contributed by atoms with Gasteiger partial charge < -0.3 is 9.47 Å². The van der Waals surface area contributed by atoms with E-state index in [-0.39, 0.29) is 0 Å². The average Bonchev–Trinajstić information content (AvgIpc) is 2.42. The van der Waals surface area contributed by atoms with Crippen LogP contribution in [0.5, 0.6) is 0 Å². The van der Waals surface area contributed by atoms with E-state index >= 15 is 0 Å². The molecule has 0 aliphatic carbocycles. The van der Waals surface area contributed by atoms with E-state index in [2.05, 4.69) is 17.2 Å². The molecule has 0 saturated heterocycles. The Morgan fingerprint density at radius 3 is 2.11 bits per heavy atom.